The van der Waals surface area contributed by atoms with Gasteiger partial charge in [-0.1, -0.05) is 34.8 Å². The molecule has 1 aromatic heterocycles. The van der Waals surface area contributed by atoms with E-state index in [-0.39, 0.29) is 32.1 Å². The summed E-state index contributed by atoms with van der Waals surface area (Å²) in [6, 6.07) is 0. The van der Waals surface area contributed by atoms with Gasteiger partial charge in [0.05, 0.1) is 30.0 Å². The maximum absolute atomic E-state index is 10.3. The van der Waals surface area contributed by atoms with Crippen LogP contribution < -0.4 is 4.90 Å². The van der Waals surface area contributed by atoms with Gasteiger partial charge in [-0.25, -0.2) is 0 Å². The summed E-state index contributed by atoms with van der Waals surface area (Å²) in [6.45, 7) is 2.51. The molecule has 22 heavy (non-hydrogen) atoms. The molecule has 3 N–H and O–H groups in total. The number of ether oxygens (including phenoxy) is 1. The van der Waals surface area contributed by atoms with E-state index < -0.39 is 0 Å². The zero-order chi connectivity index (χ0) is 15.9. The minimum absolute atomic E-state index is 0.0807. The summed E-state index contributed by atoms with van der Waals surface area (Å²) in [7, 11) is 0. The van der Waals surface area contributed by atoms with Crippen LogP contribution in [0.1, 0.15) is 0 Å². The van der Waals surface area contributed by atoms with Crippen LogP contribution in [0.4, 0.5) is 5.82 Å². The number of phenolic OH excluding ortho intramolecular Hbond substituents is 2. The lowest BCUT2D eigenvalue weighted by molar-refractivity contribution is 0.122. The number of hydrogen-bond donors (Lipinski definition) is 3. The van der Waals surface area contributed by atoms with Crippen LogP contribution in [-0.2, 0) is 4.74 Å². The lowest BCUT2D eigenvalue weighted by atomic mass is 10.1. The van der Waals surface area contributed by atoms with Gasteiger partial charge in [-0.3, -0.25) is 5.10 Å². The van der Waals surface area contributed by atoms with Gasteiger partial charge in [-0.2, -0.15) is 5.10 Å². The first-order valence-corrected chi connectivity index (χ1v) is 7.60. The molecule has 9 heteroatoms. The van der Waals surface area contributed by atoms with E-state index in [9.17, 15) is 10.2 Å². The summed E-state index contributed by atoms with van der Waals surface area (Å²) < 4.78 is 5.31. The molecule has 0 aliphatic carbocycles. The van der Waals surface area contributed by atoms with Crippen molar-refractivity contribution in [3.8, 4) is 22.6 Å². The van der Waals surface area contributed by atoms with Crippen LogP contribution in [0.25, 0.3) is 11.1 Å². The molecular weight excluding hydrogens is 353 g/mol. The Kier molecular flexibility index (Phi) is 4.27. The average Bonchev–Trinajstić information content (AvgIpc) is 3.01. The molecule has 0 amide bonds. The third-order valence-electron chi connectivity index (χ3n) is 3.49. The highest BCUT2D eigenvalue weighted by molar-refractivity contribution is 6.47. The van der Waals surface area contributed by atoms with Crippen molar-refractivity contribution in [2.75, 3.05) is 31.2 Å². The fraction of sp³-hybridized carbons (Fsp3) is 0.308. The minimum atomic E-state index is -0.379. The summed E-state index contributed by atoms with van der Waals surface area (Å²) in [6.07, 6.45) is 1.51. The van der Waals surface area contributed by atoms with E-state index in [1.165, 1.54) is 6.20 Å². The summed E-state index contributed by atoms with van der Waals surface area (Å²) in [5.41, 5.74) is 0.710. The third-order valence-corrected chi connectivity index (χ3v) is 4.69. The Morgan fingerprint density at radius 2 is 1.68 bits per heavy atom. The Morgan fingerprint density at radius 3 is 2.36 bits per heavy atom. The Labute approximate surface area is 141 Å². The predicted octanol–water partition coefficient (Wildman–Crippen LogP) is 3.28. The average molecular weight is 365 g/mol. The highest BCUT2D eigenvalue weighted by Gasteiger charge is 2.26. The first kappa shape index (κ1) is 15.6. The van der Waals surface area contributed by atoms with E-state index in [2.05, 4.69) is 10.2 Å². The molecular formula is C13H12Cl3N3O3. The second kappa shape index (κ2) is 6.04. The molecule has 0 bridgehead atoms. The number of rotatable bonds is 2. The quantitative estimate of drug-likeness (QED) is 0.563. The minimum Gasteiger partial charge on any atom is -0.506 e. The first-order valence-electron chi connectivity index (χ1n) is 6.47. The van der Waals surface area contributed by atoms with Crippen LogP contribution >= 0.6 is 34.8 Å². The molecule has 1 aliphatic heterocycles. The van der Waals surface area contributed by atoms with Gasteiger partial charge in [-0.05, 0) is 0 Å². The number of aromatic hydroxyl groups is 2. The van der Waals surface area contributed by atoms with Gasteiger partial charge in [0, 0.05) is 18.7 Å². The number of aromatic nitrogens is 2. The number of halogens is 3. The van der Waals surface area contributed by atoms with E-state index in [0.717, 1.165) is 0 Å². The van der Waals surface area contributed by atoms with Crippen LogP contribution in [-0.4, -0.2) is 46.7 Å². The summed E-state index contributed by atoms with van der Waals surface area (Å²) in [4.78, 5) is 2.02. The highest BCUT2D eigenvalue weighted by Crippen LogP contribution is 2.52. The molecule has 2 heterocycles. The standard InChI is InChI=1S/C13H12Cl3N3O3/c14-8-7(11(20)9(15)10(16)12(8)21)6-5-17-18-13(6)19-1-3-22-4-2-19/h5,20-21H,1-4H2,(H,17,18). The number of nitrogens with one attached hydrogen (secondary N) is 1. The predicted molar refractivity (Wildman–Crippen MR) is 85.4 cm³/mol. The molecule has 6 nitrogen and oxygen atoms in total. The van der Waals surface area contributed by atoms with Crippen LogP contribution in [0.5, 0.6) is 11.5 Å². The molecule has 2 aromatic rings. The SMILES string of the molecule is Oc1c(Cl)c(Cl)c(O)c(-c2cn[nH]c2N2CCOCC2)c1Cl. The fourth-order valence-electron chi connectivity index (χ4n) is 2.37. The fourth-order valence-corrected chi connectivity index (χ4v) is 3.07. The largest absolute Gasteiger partial charge is 0.506 e. The van der Waals surface area contributed by atoms with Crippen LogP contribution in [0.2, 0.25) is 15.1 Å². The van der Waals surface area contributed by atoms with Gasteiger partial charge >= 0.3 is 0 Å². The first-order chi connectivity index (χ1) is 10.5. The van der Waals surface area contributed by atoms with Crippen molar-refractivity contribution in [1.82, 2.24) is 10.2 Å². The Balaban J connectivity index is 2.15. The van der Waals surface area contributed by atoms with E-state index in [0.29, 0.717) is 37.7 Å². The van der Waals surface area contributed by atoms with Crippen molar-refractivity contribution >= 4 is 40.6 Å². The van der Waals surface area contributed by atoms with E-state index in [1.54, 1.807) is 0 Å². The van der Waals surface area contributed by atoms with Gasteiger partial charge < -0.3 is 19.8 Å². The number of benzene rings is 1. The highest BCUT2D eigenvalue weighted by atomic mass is 35.5. The van der Waals surface area contributed by atoms with E-state index in [1.807, 2.05) is 4.90 Å². The van der Waals surface area contributed by atoms with Crippen LogP contribution in [0, 0.1) is 0 Å². The summed E-state index contributed by atoms with van der Waals surface area (Å²) in [5, 5.41) is 26.7. The van der Waals surface area contributed by atoms with Crippen molar-refractivity contribution in [3.05, 3.63) is 21.3 Å². The number of aromatic amines is 1. The van der Waals surface area contributed by atoms with Crippen molar-refractivity contribution in [1.29, 1.82) is 0 Å². The van der Waals surface area contributed by atoms with E-state index in [4.69, 9.17) is 39.5 Å². The second-order valence-corrected chi connectivity index (χ2v) is 5.88. The van der Waals surface area contributed by atoms with Crippen molar-refractivity contribution in [2.45, 2.75) is 0 Å². The molecule has 1 aliphatic rings. The van der Waals surface area contributed by atoms with Crippen molar-refractivity contribution in [2.24, 2.45) is 0 Å². The Hall–Kier alpha value is -1.34. The molecule has 1 saturated heterocycles. The second-order valence-electron chi connectivity index (χ2n) is 4.75. The molecule has 0 saturated carbocycles. The van der Waals surface area contributed by atoms with Crippen molar-refractivity contribution < 1.29 is 14.9 Å². The molecule has 3 rings (SSSR count). The number of H-pyrrole nitrogens is 1. The maximum Gasteiger partial charge on any atom is 0.155 e. The number of nitrogens with zero attached hydrogens (tertiary/aromatic N) is 2. The topological polar surface area (TPSA) is 81.6 Å². The number of hydrogen-bond acceptors (Lipinski definition) is 5. The molecule has 0 spiro atoms. The van der Waals surface area contributed by atoms with Gasteiger partial charge in [0.2, 0.25) is 0 Å². The lowest BCUT2D eigenvalue weighted by Crippen LogP contribution is -2.36. The normalized spacial score (nSPS) is 15.3. The van der Waals surface area contributed by atoms with Crippen molar-refractivity contribution in [3.63, 3.8) is 0 Å². The molecule has 118 valence electrons. The van der Waals surface area contributed by atoms with Gasteiger partial charge in [0.1, 0.15) is 21.6 Å². The Morgan fingerprint density at radius 1 is 1.05 bits per heavy atom. The van der Waals surface area contributed by atoms with E-state index >= 15 is 0 Å². The number of morpholine rings is 1. The zero-order valence-electron chi connectivity index (χ0n) is 11.2. The monoisotopic (exact) mass is 363 g/mol. The Bertz CT molecular complexity index is 685. The van der Waals surface area contributed by atoms with Gasteiger partial charge in [-0.15, -0.1) is 0 Å². The smallest absolute Gasteiger partial charge is 0.155 e. The molecule has 0 unspecified atom stereocenters. The van der Waals surface area contributed by atoms with Gasteiger partial charge in [0.15, 0.2) is 5.75 Å². The zero-order valence-corrected chi connectivity index (χ0v) is 13.5. The van der Waals surface area contributed by atoms with Crippen LogP contribution in [0.15, 0.2) is 6.20 Å². The molecule has 0 atom stereocenters. The molecule has 0 radical (unpaired) electrons. The number of phenols is 2. The summed E-state index contributed by atoms with van der Waals surface area (Å²) >= 11 is 17.9. The lowest BCUT2D eigenvalue weighted by Gasteiger charge is -2.28. The van der Waals surface area contributed by atoms with Crippen LogP contribution in [0.3, 0.4) is 0 Å². The molecule has 1 aromatic carbocycles. The summed E-state index contributed by atoms with van der Waals surface area (Å²) in [5.74, 6) is -0.0149. The van der Waals surface area contributed by atoms with Gasteiger partial charge in [0.25, 0.3) is 0 Å². The molecule has 1 fully saturated rings. The number of anilines is 1. The maximum atomic E-state index is 10.3. The third kappa shape index (κ3) is 2.46.